The van der Waals surface area contributed by atoms with Gasteiger partial charge in [-0.15, -0.1) is 22.7 Å². The number of aromatic nitrogens is 3. The van der Waals surface area contributed by atoms with E-state index in [2.05, 4.69) is 36.2 Å². The molecule has 13 heteroatoms. The van der Waals surface area contributed by atoms with E-state index in [9.17, 15) is 22.8 Å². The molecule has 0 saturated carbocycles. The molecule has 4 aromatic rings. The van der Waals surface area contributed by atoms with Crippen molar-refractivity contribution >= 4 is 56.7 Å². The minimum Gasteiger partial charge on any atom is -0.365 e. The van der Waals surface area contributed by atoms with Crippen molar-refractivity contribution in [1.29, 1.82) is 0 Å². The number of fused-ring (bicyclic) bond motifs is 2. The first-order chi connectivity index (χ1) is 17.8. The lowest BCUT2D eigenvalue weighted by atomic mass is 9.72. The molecule has 1 atom stereocenters. The van der Waals surface area contributed by atoms with Crippen LogP contribution in [-0.2, 0) is 19.0 Å². The van der Waals surface area contributed by atoms with Crippen LogP contribution in [0.15, 0.2) is 23.6 Å². The van der Waals surface area contributed by atoms with Crippen molar-refractivity contribution in [1.82, 2.24) is 14.6 Å². The molecule has 4 aromatic heterocycles. The number of alkyl halides is 3. The minimum atomic E-state index is -4.79. The fourth-order valence-corrected chi connectivity index (χ4v) is 6.99. The second-order valence-electron chi connectivity index (χ2n) is 10.2. The van der Waals surface area contributed by atoms with Gasteiger partial charge < -0.3 is 11.1 Å². The van der Waals surface area contributed by atoms with Crippen LogP contribution in [0.3, 0.4) is 0 Å². The van der Waals surface area contributed by atoms with Crippen molar-refractivity contribution in [2.24, 2.45) is 17.1 Å². The predicted octanol–water partition coefficient (Wildman–Crippen LogP) is 6.69. The lowest BCUT2D eigenvalue weighted by molar-refractivity contribution is -0.142. The number of hydrogen-bond donors (Lipinski definition) is 2. The molecule has 7 nitrogen and oxygen atoms in total. The van der Waals surface area contributed by atoms with Gasteiger partial charge in [0, 0.05) is 4.88 Å². The molecule has 0 fully saturated rings. The number of halogens is 4. The van der Waals surface area contributed by atoms with Gasteiger partial charge in [-0.3, -0.25) is 9.59 Å². The Kier molecular flexibility index (Phi) is 6.56. The third kappa shape index (κ3) is 4.69. The van der Waals surface area contributed by atoms with Gasteiger partial charge in [-0.05, 0) is 53.7 Å². The van der Waals surface area contributed by atoms with Crippen LogP contribution in [0, 0.1) is 11.3 Å². The fraction of sp³-hybridized carbons (Fsp3) is 0.360. The Balaban J connectivity index is 1.55. The molecule has 0 spiro atoms. The third-order valence-corrected chi connectivity index (χ3v) is 9.19. The number of nitrogens with two attached hydrogens (primary N) is 1. The van der Waals surface area contributed by atoms with Gasteiger partial charge in [0.2, 0.25) is 0 Å². The maximum atomic E-state index is 13.9. The highest BCUT2D eigenvalue weighted by molar-refractivity contribution is 7.17. The van der Waals surface area contributed by atoms with Crippen LogP contribution >= 0.6 is 34.3 Å². The van der Waals surface area contributed by atoms with Gasteiger partial charge in [0.15, 0.2) is 17.0 Å². The SMILES string of the molecule is CC(C)(C)[C@H]1CCc2c(sc(NC(=O)c3nn4c(C(F)(F)F)cc(-c5cccs5)nc4c3Cl)c2C(N)=O)C1. The number of primary amides is 1. The molecule has 1 aliphatic rings. The molecule has 5 rings (SSSR count). The standard InChI is InChI=1S/C25H23ClF3N5O2S2/c1-24(2,3)11-6-7-12-15(9-11)38-23(17(12)20(30)35)32-22(36)19-18(26)21-31-13(14-5-4-8-37-14)10-16(25(27,28)29)34(21)33-19/h4-5,8,10-11H,6-7,9H2,1-3H3,(H2,30,35)(H,32,36)/t11-/m0/s1. The molecule has 0 radical (unpaired) electrons. The summed E-state index contributed by atoms with van der Waals surface area (Å²) >= 11 is 8.86. The van der Waals surface area contributed by atoms with Crippen molar-refractivity contribution in [3.05, 3.63) is 56.0 Å². The highest BCUT2D eigenvalue weighted by atomic mass is 35.5. The van der Waals surface area contributed by atoms with Crippen molar-refractivity contribution in [3.8, 4) is 10.6 Å². The molecular weight excluding hydrogens is 559 g/mol. The molecule has 0 aliphatic heterocycles. The number of nitrogens with one attached hydrogen (secondary N) is 1. The first-order valence-corrected chi connectivity index (χ1v) is 13.8. The van der Waals surface area contributed by atoms with Gasteiger partial charge in [0.1, 0.15) is 10.0 Å². The summed E-state index contributed by atoms with van der Waals surface area (Å²) in [5.41, 5.74) is 4.96. The summed E-state index contributed by atoms with van der Waals surface area (Å²) in [5, 5.41) is 8.13. The average molecular weight is 582 g/mol. The minimum absolute atomic E-state index is 0.0592. The van der Waals surface area contributed by atoms with E-state index in [1.807, 2.05) is 0 Å². The monoisotopic (exact) mass is 581 g/mol. The molecule has 200 valence electrons. The molecule has 0 aromatic carbocycles. The largest absolute Gasteiger partial charge is 0.433 e. The van der Waals surface area contributed by atoms with E-state index in [1.165, 1.54) is 22.7 Å². The van der Waals surface area contributed by atoms with Gasteiger partial charge in [0.25, 0.3) is 11.8 Å². The summed E-state index contributed by atoms with van der Waals surface area (Å²) in [6.07, 6.45) is -2.54. The van der Waals surface area contributed by atoms with Gasteiger partial charge >= 0.3 is 6.18 Å². The Hall–Kier alpha value is -2.96. The predicted molar refractivity (Wildman–Crippen MR) is 142 cm³/mol. The summed E-state index contributed by atoms with van der Waals surface area (Å²) < 4.78 is 42.3. The quantitative estimate of drug-likeness (QED) is 0.280. The van der Waals surface area contributed by atoms with Gasteiger partial charge in [-0.25, -0.2) is 9.50 Å². The highest BCUT2D eigenvalue weighted by Crippen LogP contribution is 2.44. The van der Waals surface area contributed by atoms with Crippen molar-refractivity contribution in [3.63, 3.8) is 0 Å². The van der Waals surface area contributed by atoms with Crippen molar-refractivity contribution in [2.75, 3.05) is 5.32 Å². The fourth-order valence-electron chi connectivity index (χ4n) is 4.73. The van der Waals surface area contributed by atoms with Gasteiger partial charge in [-0.2, -0.15) is 18.3 Å². The van der Waals surface area contributed by atoms with Crippen LogP contribution in [0.1, 0.15) is 64.2 Å². The zero-order valence-corrected chi connectivity index (χ0v) is 23.0. The Morgan fingerprint density at radius 1 is 1.26 bits per heavy atom. The zero-order valence-electron chi connectivity index (χ0n) is 20.6. The molecule has 0 bridgehead atoms. The van der Waals surface area contributed by atoms with Gasteiger partial charge in [-0.1, -0.05) is 38.4 Å². The summed E-state index contributed by atoms with van der Waals surface area (Å²) in [6, 6.07) is 4.19. The molecule has 38 heavy (non-hydrogen) atoms. The molecule has 1 aliphatic carbocycles. The first kappa shape index (κ1) is 26.6. The smallest absolute Gasteiger partial charge is 0.365 e. The molecule has 4 heterocycles. The number of thiophene rings is 2. The number of hydrogen-bond acceptors (Lipinski definition) is 6. The maximum Gasteiger partial charge on any atom is 0.433 e. The van der Waals surface area contributed by atoms with Crippen LogP contribution in [0.4, 0.5) is 18.2 Å². The van der Waals surface area contributed by atoms with Crippen LogP contribution in [-0.4, -0.2) is 26.4 Å². The number of nitrogens with zero attached hydrogens (tertiary/aromatic N) is 3. The second kappa shape index (κ2) is 9.35. The number of carbonyl (C=O) groups is 2. The summed E-state index contributed by atoms with van der Waals surface area (Å²) in [6.45, 7) is 6.48. The van der Waals surface area contributed by atoms with E-state index in [-0.39, 0.29) is 32.3 Å². The van der Waals surface area contributed by atoms with E-state index < -0.39 is 29.4 Å². The lowest BCUT2D eigenvalue weighted by Crippen LogP contribution is -2.27. The summed E-state index contributed by atoms with van der Waals surface area (Å²) in [4.78, 5) is 31.4. The number of anilines is 1. The summed E-state index contributed by atoms with van der Waals surface area (Å²) in [5.74, 6) is -1.16. The van der Waals surface area contributed by atoms with Crippen molar-refractivity contribution < 1.29 is 22.8 Å². The Morgan fingerprint density at radius 2 is 2.00 bits per heavy atom. The maximum absolute atomic E-state index is 13.9. The third-order valence-electron chi connectivity index (χ3n) is 6.78. The van der Waals surface area contributed by atoms with E-state index in [4.69, 9.17) is 17.3 Å². The van der Waals surface area contributed by atoms with E-state index in [0.29, 0.717) is 21.7 Å². The number of rotatable bonds is 4. The lowest BCUT2D eigenvalue weighted by Gasteiger charge is -2.33. The molecular formula is C25H23ClF3N5O2S2. The summed E-state index contributed by atoms with van der Waals surface area (Å²) in [7, 11) is 0. The average Bonchev–Trinajstić information content (AvgIpc) is 3.54. The van der Waals surface area contributed by atoms with Crippen LogP contribution < -0.4 is 11.1 Å². The van der Waals surface area contributed by atoms with Crippen molar-refractivity contribution in [2.45, 2.75) is 46.2 Å². The molecule has 0 unspecified atom stereocenters. The molecule has 0 saturated heterocycles. The zero-order chi connectivity index (χ0) is 27.6. The van der Waals surface area contributed by atoms with Crippen LogP contribution in [0.25, 0.3) is 16.2 Å². The molecule has 2 amide bonds. The van der Waals surface area contributed by atoms with E-state index >= 15 is 0 Å². The Labute approximate surface area is 228 Å². The number of amides is 2. The van der Waals surface area contributed by atoms with Crippen LogP contribution in [0.5, 0.6) is 0 Å². The van der Waals surface area contributed by atoms with Crippen LogP contribution in [0.2, 0.25) is 5.02 Å². The highest BCUT2D eigenvalue weighted by Gasteiger charge is 2.38. The number of carbonyl (C=O) groups excluding carboxylic acids is 2. The molecule has 3 N–H and O–H groups in total. The topological polar surface area (TPSA) is 102 Å². The second-order valence-corrected chi connectivity index (χ2v) is 12.7. The normalized spacial score (nSPS) is 16.0. The first-order valence-electron chi connectivity index (χ1n) is 11.7. The van der Waals surface area contributed by atoms with Gasteiger partial charge in [0.05, 0.1) is 16.1 Å². The Bertz CT molecular complexity index is 1570. The Morgan fingerprint density at radius 3 is 2.61 bits per heavy atom. The van der Waals surface area contributed by atoms with E-state index in [0.717, 1.165) is 29.3 Å². The van der Waals surface area contributed by atoms with E-state index in [1.54, 1.807) is 17.5 Å².